The third-order valence-corrected chi connectivity index (χ3v) is 3.88. The van der Waals surface area contributed by atoms with E-state index in [-0.39, 0.29) is 30.0 Å². The maximum atomic E-state index is 11.3. The van der Waals surface area contributed by atoms with Crippen molar-refractivity contribution >= 4 is 22.2 Å². The summed E-state index contributed by atoms with van der Waals surface area (Å²) in [5.74, 6) is 0.209. The molecule has 78 valence electrons. The molecule has 0 fully saturated rings. The SMILES string of the molecule is Cl.NC1CS(=O)(=O)Cc2ccccc21. The Balaban J connectivity index is 0.000000980. The summed E-state index contributed by atoms with van der Waals surface area (Å²) in [6.45, 7) is 0. The molecule has 0 saturated heterocycles. The van der Waals surface area contributed by atoms with Gasteiger partial charge in [-0.05, 0) is 11.1 Å². The maximum Gasteiger partial charge on any atom is 0.156 e. The summed E-state index contributed by atoms with van der Waals surface area (Å²) in [7, 11) is -2.97. The van der Waals surface area contributed by atoms with E-state index in [2.05, 4.69) is 0 Å². The number of benzene rings is 1. The van der Waals surface area contributed by atoms with Gasteiger partial charge >= 0.3 is 0 Å². The van der Waals surface area contributed by atoms with Gasteiger partial charge in [-0.25, -0.2) is 8.42 Å². The van der Waals surface area contributed by atoms with E-state index in [1.165, 1.54) is 0 Å². The highest BCUT2D eigenvalue weighted by atomic mass is 35.5. The monoisotopic (exact) mass is 233 g/mol. The molecule has 3 nitrogen and oxygen atoms in total. The molecule has 1 aromatic carbocycles. The molecule has 1 heterocycles. The van der Waals surface area contributed by atoms with Gasteiger partial charge in [-0.3, -0.25) is 0 Å². The highest BCUT2D eigenvalue weighted by Gasteiger charge is 2.26. The van der Waals surface area contributed by atoms with Gasteiger partial charge in [0.25, 0.3) is 0 Å². The number of hydrogen-bond donors (Lipinski definition) is 1. The molecule has 1 aliphatic rings. The van der Waals surface area contributed by atoms with Gasteiger partial charge in [0.1, 0.15) is 0 Å². The lowest BCUT2D eigenvalue weighted by Gasteiger charge is -2.21. The Morgan fingerprint density at radius 3 is 2.64 bits per heavy atom. The number of sulfone groups is 1. The van der Waals surface area contributed by atoms with Crippen LogP contribution in [-0.4, -0.2) is 14.2 Å². The lowest BCUT2D eigenvalue weighted by atomic mass is 10.0. The molecule has 0 radical (unpaired) electrons. The Morgan fingerprint density at radius 1 is 1.29 bits per heavy atom. The molecule has 14 heavy (non-hydrogen) atoms. The summed E-state index contributed by atoms with van der Waals surface area (Å²) in [5.41, 5.74) is 7.56. The quantitative estimate of drug-likeness (QED) is 0.728. The van der Waals surface area contributed by atoms with E-state index in [0.29, 0.717) is 0 Å². The first-order valence-electron chi connectivity index (χ1n) is 4.12. The third kappa shape index (κ3) is 2.08. The van der Waals surface area contributed by atoms with Crippen LogP contribution in [0.1, 0.15) is 17.2 Å². The zero-order valence-corrected chi connectivity index (χ0v) is 9.14. The first kappa shape index (κ1) is 11.5. The molecule has 1 aliphatic heterocycles. The predicted molar refractivity (Wildman–Crippen MR) is 58.1 cm³/mol. The van der Waals surface area contributed by atoms with Gasteiger partial charge in [0, 0.05) is 6.04 Å². The smallest absolute Gasteiger partial charge is 0.156 e. The van der Waals surface area contributed by atoms with Crippen molar-refractivity contribution in [1.82, 2.24) is 0 Å². The van der Waals surface area contributed by atoms with E-state index in [1.54, 1.807) is 0 Å². The van der Waals surface area contributed by atoms with Crippen molar-refractivity contribution in [3.63, 3.8) is 0 Å². The van der Waals surface area contributed by atoms with Crippen molar-refractivity contribution in [2.24, 2.45) is 5.73 Å². The van der Waals surface area contributed by atoms with E-state index in [0.717, 1.165) is 11.1 Å². The van der Waals surface area contributed by atoms with Crippen molar-refractivity contribution in [2.75, 3.05) is 5.75 Å². The van der Waals surface area contributed by atoms with Gasteiger partial charge in [-0.1, -0.05) is 24.3 Å². The average Bonchev–Trinajstić information content (AvgIpc) is 2.02. The van der Waals surface area contributed by atoms with Crippen molar-refractivity contribution in [3.8, 4) is 0 Å². The number of nitrogens with two attached hydrogens (primary N) is 1. The van der Waals surface area contributed by atoms with Gasteiger partial charge in [0.05, 0.1) is 11.5 Å². The Hall–Kier alpha value is -0.580. The molecule has 5 heteroatoms. The third-order valence-electron chi connectivity index (χ3n) is 2.26. The van der Waals surface area contributed by atoms with Crippen LogP contribution in [0.3, 0.4) is 0 Å². The maximum absolute atomic E-state index is 11.3. The van der Waals surface area contributed by atoms with Gasteiger partial charge in [-0.2, -0.15) is 0 Å². The van der Waals surface area contributed by atoms with Crippen molar-refractivity contribution in [3.05, 3.63) is 35.4 Å². The number of fused-ring (bicyclic) bond motifs is 1. The molecule has 1 atom stereocenters. The lowest BCUT2D eigenvalue weighted by molar-refractivity contribution is 0.582. The second-order valence-electron chi connectivity index (χ2n) is 3.36. The molecular formula is C9H12ClNO2S. The fourth-order valence-corrected chi connectivity index (χ4v) is 3.27. The number of hydrogen-bond acceptors (Lipinski definition) is 3. The molecule has 0 aliphatic carbocycles. The fourth-order valence-electron chi connectivity index (χ4n) is 1.69. The highest BCUT2D eigenvalue weighted by molar-refractivity contribution is 7.90. The molecule has 0 spiro atoms. The van der Waals surface area contributed by atoms with Crippen LogP contribution in [0.5, 0.6) is 0 Å². The summed E-state index contributed by atoms with van der Waals surface area (Å²) in [5, 5.41) is 0. The molecule has 0 saturated carbocycles. The molecule has 2 N–H and O–H groups in total. The second-order valence-corrected chi connectivity index (χ2v) is 5.47. The van der Waals surface area contributed by atoms with Crippen LogP contribution in [0.2, 0.25) is 0 Å². The number of halogens is 1. The first-order chi connectivity index (χ1) is 6.08. The fraction of sp³-hybridized carbons (Fsp3) is 0.333. The van der Waals surface area contributed by atoms with Crippen LogP contribution in [0.25, 0.3) is 0 Å². The Morgan fingerprint density at radius 2 is 1.93 bits per heavy atom. The summed E-state index contributed by atoms with van der Waals surface area (Å²) in [4.78, 5) is 0. The van der Waals surface area contributed by atoms with E-state index in [1.807, 2.05) is 24.3 Å². The molecule has 1 aromatic rings. The highest BCUT2D eigenvalue weighted by Crippen LogP contribution is 2.25. The van der Waals surface area contributed by atoms with Crippen LogP contribution in [0.15, 0.2) is 24.3 Å². The lowest BCUT2D eigenvalue weighted by Crippen LogP contribution is -2.28. The Labute approximate surface area is 89.6 Å². The molecule has 1 unspecified atom stereocenters. The van der Waals surface area contributed by atoms with Gasteiger partial charge in [0.2, 0.25) is 0 Å². The largest absolute Gasteiger partial charge is 0.323 e. The molecule has 0 aromatic heterocycles. The Kier molecular flexibility index (Phi) is 3.19. The van der Waals surface area contributed by atoms with E-state index >= 15 is 0 Å². The standard InChI is InChI=1S/C9H11NO2S.ClH/c10-9-6-13(11,12)5-7-3-1-2-4-8(7)9;/h1-4,9H,5-6,10H2;1H. The zero-order valence-electron chi connectivity index (χ0n) is 7.51. The summed E-state index contributed by atoms with van der Waals surface area (Å²) >= 11 is 0. The second kappa shape index (κ2) is 3.88. The van der Waals surface area contributed by atoms with Crippen molar-refractivity contribution < 1.29 is 8.42 Å². The van der Waals surface area contributed by atoms with E-state index < -0.39 is 9.84 Å². The van der Waals surface area contributed by atoms with Crippen LogP contribution in [0.4, 0.5) is 0 Å². The molecule has 0 amide bonds. The normalized spacial score (nSPS) is 23.4. The minimum atomic E-state index is -2.97. The van der Waals surface area contributed by atoms with Crippen LogP contribution >= 0.6 is 12.4 Å². The van der Waals surface area contributed by atoms with Gasteiger partial charge < -0.3 is 5.73 Å². The minimum absolute atomic E-state index is 0. The minimum Gasteiger partial charge on any atom is -0.323 e. The molecular weight excluding hydrogens is 222 g/mol. The van der Waals surface area contributed by atoms with Crippen molar-refractivity contribution in [2.45, 2.75) is 11.8 Å². The van der Waals surface area contributed by atoms with Crippen LogP contribution < -0.4 is 5.73 Å². The summed E-state index contributed by atoms with van der Waals surface area (Å²) in [6.07, 6.45) is 0. The average molecular weight is 234 g/mol. The summed E-state index contributed by atoms with van der Waals surface area (Å²) in [6, 6.07) is 7.10. The van der Waals surface area contributed by atoms with Gasteiger partial charge in [-0.15, -0.1) is 12.4 Å². The van der Waals surface area contributed by atoms with Crippen LogP contribution in [0, 0.1) is 0 Å². The first-order valence-corrected chi connectivity index (χ1v) is 5.94. The number of rotatable bonds is 0. The molecule has 0 bridgehead atoms. The predicted octanol–water partition coefficient (Wildman–Crippen LogP) is 1.04. The van der Waals surface area contributed by atoms with Gasteiger partial charge in [0.15, 0.2) is 9.84 Å². The van der Waals surface area contributed by atoms with Crippen LogP contribution in [-0.2, 0) is 15.6 Å². The topological polar surface area (TPSA) is 60.2 Å². The van der Waals surface area contributed by atoms with Crippen molar-refractivity contribution in [1.29, 1.82) is 0 Å². The Bertz CT molecular complexity index is 430. The summed E-state index contributed by atoms with van der Waals surface area (Å²) < 4.78 is 22.7. The zero-order chi connectivity index (χ0) is 9.47. The van der Waals surface area contributed by atoms with E-state index in [9.17, 15) is 8.42 Å². The van der Waals surface area contributed by atoms with E-state index in [4.69, 9.17) is 5.73 Å². The molecule has 2 rings (SSSR count).